The van der Waals surface area contributed by atoms with Gasteiger partial charge in [0.2, 0.25) is 0 Å². The van der Waals surface area contributed by atoms with Crippen molar-refractivity contribution in [2.75, 3.05) is 0 Å². The summed E-state index contributed by atoms with van der Waals surface area (Å²) in [6.45, 7) is 12.6. The van der Waals surface area contributed by atoms with E-state index in [1.54, 1.807) is 0 Å². The third-order valence-electron chi connectivity index (χ3n) is 4.56. The van der Waals surface area contributed by atoms with Crippen LogP contribution in [0.2, 0.25) is 0 Å². The van der Waals surface area contributed by atoms with E-state index in [1.165, 1.54) is 16.7 Å². The monoisotopic (exact) mass is 298 g/mol. The number of phenolic OH excluding ortho intramolecular Hbond substituents is 1. The predicted molar refractivity (Wildman–Crippen MR) is 96.7 cm³/mol. The summed E-state index contributed by atoms with van der Waals surface area (Å²) >= 11 is 0. The van der Waals surface area contributed by atoms with E-state index in [-0.39, 0.29) is 5.41 Å². The van der Waals surface area contributed by atoms with Gasteiger partial charge in [-0.3, -0.25) is 0 Å². The number of benzene rings is 2. The van der Waals surface area contributed by atoms with Gasteiger partial charge in [0, 0.05) is 5.41 Å². The molecule has 0 aliphatic carbocycles. The van der Waals surface area contributed by atoms with Crippen molar-refractivity contribution >= 4 is 0 Å². The molecule has 0 heterocycles. The SMILES string of the molecule is CC.CCC(CC)(c1ccc(C)cc1)c1ccc(O)c(C)c1. The maximum atomic E-state index is 9.76. The molecule has 0 unspecified atom stereocenters. The lowest BCUT2D eigenvalue weighted by Crippen LogP contribution is -2.26. The highest BCUT2D eigenvalue weighted by atomic mass is 16.3. The van der Waals surface area contributed by atoms with Crippen molar-refractivity contribution in [2.24, 2.45) is 0 Å². The molecule has 0 atom stereocenters. The van der Waals surface area contributed by atoms with Gasteiger partial charge in [-0.1, -0.05) is 69.7 Å². The Kier molecular flexibility index (Phi) is 6.67. The third kappa shape index (κ3) is 3.52. The summed E-state index contributed by atoms with van der Waals surface area (Å²) in [6, 6.07) is 14.9. The summed E-state index contributed by atoms with van der Waals surface area (Å²) < 4.78 is 0. The molecule has 0 fully saturated rings. The Bertz CT molecular complexity index is 577. The second-order valence-electron chi connectivity index (χ2n) is 5.66. The van der Waals surface area contributed by atoms with Crippen LogP contribution in [0.4, 0.5) is 0 Å². The van der Waals surface area contributed by atoms with E-state index < -0.39 is 0 Å². The van der Waals surface area contributed by atoms with Crippen molar-refractivity contribution in [1.82, 2.24) is 0 Å². The fourth-order valence-corrected chi connectivity index (χ4v) is 3.06. The third-order valence-corrected chi connectivity index (χ3v) is 4.56. The summed E-state index contributed by atoms with van der Waals surface area (Å²) in [7, 11) is 0. The lowest BCUT2D eigenvalue weighted by Gasteiger charge is -2.33. The van der Waals surface area contributed by atoms with E-state index in [1.807, 2.05) is 26.8 Å². The smallest absolute Gasteiger partial charge is 0.118 e. The van der Waals surface area contributed by atoms with Crippen LogP contribution in [0.3, 0.4) is 0 Å². The zero-order valence-electron chi connectivity index (χ0n) is 14.9. The van der Waals surface area contributed by atoms with Crippen LogP contribution in [0.1, 0.15) is 62.8 Å². The molecule has 0 bridgehead atoms. The van der Waals surface area contributed by atoms with Crippen LogP contribution in [0, 0.1) is 13.8 Å². The summed E-state index contributed by atoms with van der Waals surface area (Å²) in [6.07, 6.45) is 2.10. The van der Waals surface area contributed by atoms with Gasteiger partial charge >= 0.3 is 0 Å². The first-order valence-corrected chi connectivity index (χ1v) is 8.40. The van der Waals surface area contributed by atoms with Crippen molar-refractivity contribution < 1.29 is 5.11 Å². The Labute approximate surface area is 136 Å². The minimum Gasteiger partial charge on any atom is -0.508 e. The van der Waals surface area contributed by atoms with Gasteiger partial charge in [-0.15, -0.1) is 0 Å². The molecule has 0 radical (unpaired) electrons. The van der Waals surface area contributed by atoms with Crippen LogP contribution >= 0.6 is 0 Å². The average molecular weight is 298 g/mol. The average Bonchev–Trinajstić information content (AvgIpc) is 2.56. The Morgan fingerprint density at radius 1 is 0.818 bits per heavy atom. The Hall–Kier alpha value is -1.76. The molecule has 2 aromatic rings. The second kappa shape index (κ2) is 8.03. The van der Waals surface area contributed by atoms with Gasteiger partial charge in [-0.2, -0.15) is 0 Å². The molecule has 2 rings (SSSR count). The second-order valence-corrected chi connectivity index (χ2v) is 5.66. The van der Waals surface area contributed by atoms with Crippen molar-refractivity contribution in [3.05, 3.63) is 64.7 Å². The molecule has 1 heteroatoms. The molecule has 120 valence electrons. The Balaban J connectivity index is 0.00000116. The van der Waals surface area contributed by atoms with Crippen molar-refractivity contribution in [3.63, 3.8) is 0 Å². The minimum atomic E-state index is 0.0339. The van der Waals surface area contributed by atoms with Crippen molar-refractivity contribution in [1.29, 1.82) is 0 Å². The number of phenols is 1. The Morgan fingerprint density at radius 3 is 1.77 bits per heavy atom. The highest BCUT2D eigenvalue weighted by Gasteiger charge is 2.30. The van der Waals surface area contributed by atoms with Gasteiger partial charge in [0.15, 0.2) is 0 Å². The highest BCUT2D eigenvalue weighted by molar-refractivity contribution is 5.45. The molecule has 0 saturated heterocycles. The quantitative estimate of drug-likeness (QED) is 0.718. The van der Waals surface area contributed by atoms with Gasteiger partial charge in [-0.05, 0) is 49.4 Å². The van der Waals surface area contributed by atoms with Crippen LogP contribution in [-0.2, 0) is 5.41 Å². The van der Waals surface area contributed by atoms with E-state index in [2.05, 4.69) is 57.2 Å². The van der Waals surface area contributed by atoms with E-state index in [4.69, 9.17) is 0 Å². The summed E-state index contributed by atoms with van der Waals surface area (Å²) in [4.78, 5) is 0. The van der Waals surface area contributed by atoms with E-state index in [9.17, 15) is 5.11 Å². The van der Waals surface area contributed by atoms with Crippen LogP contribution in [0.15, 0.2) is 42.5 Å². The van der Waals surface area contributed by atoms with Crippen molar-refractivity contribution in [3.8, 4) is 5.75 Å². The first kappa shape index (κ1) is 18.3. The molecular formula is C21H30O. The Morgan fingerprint density at radius 2 is 1.32 bits per heavy atom. The number of aromatic hydroxyl groups is 1. The normalized spacial score (nSPS) is 10.8. The topological polar surface area (TPSA) is 20.2 Å². The van der Waals surface area contributed by atoms with E-state index in [0.717, 1.165) is 18.4 Å². The van der Waals surface area contributed by atoms with Crippen LogP contribution in [-0.4, -0.2) is 5.11 Å². The fraction of sp³-hybridized carbons (Fsp3) is 0.429. The fourth-order valence-electron chi connectivity index (χ4n) is 3.06. The maximum absolute atomic E-state index is 9.76. The summed E-state index contributed by atoms with van der Waals surface area (Å²) in [5.74, 6) is 0.374. The van der Waals surface area contributed by atoms with Crippen LogP contribution < -0.4 is 0 Å². The lowest BCUT2D eigenvalue weighted by atomic mass is 9.70. The van der Waals surface area contributed by atoms with E-state index >= 15 is 0 Å². The van der Waals surface area contributed by atoms with Gasteiger partial charge in [-0.25, -0.2) is 0 Å². The zero-order valence-corrected chi connectivity index (χ0v) is 14.9. The van der Waals surface area contributed by atoms with Crippen molar-refractivity contribution in [2.45, 2.75) is 59.8 Å². The molecule has 22 heavy (non-hydrogen) atoms. The molecule has 0 aliphatic rings. The number of hydrogen-bond acceptors (Lipinski definition) is 1. The number of rotatable bonds is 4. The largest absolute Gasteiger partial charge is 0.508 e. The highest BCUT2D eigenvalue weighted by Crippen LogP contribution is 2.40. The molecule has 0 amide bonds. The lowest BCUT2D eigenvalue weighted by molar-refractivity contribution is 0.462. The van der Waals surface area contributed by atoms with Gasteiger partial charge in [0.05, 0.1) is 0 Å². The van der Waals surface area contributed by atoms with E-state index in [0.29, 0.717) is 5.75 Å². The number of aryl methyl sites for hydroxylation is 2. The predicted octanol–water partition coefficient (Wildman–Crippen LogP) is 6.14. The van der Waals surface area contributed by atoms with Gasteiger partial charge in [0.25, 0.3) is 0 Å². The van der Waals surface area contributed by atoms with Gasteiger partial charge < -0.3 is 5.11 Å². The molecule has 0 aliphatic heterocycles. The first-order valence-electron chi connectivity index (χ1n) is 8.40. The molecule has 2 aromatic carbocycles. The molecule has 0 aromatic heterocycles. The maximum Gasteiger partial charge on any atom is 0.118 e. The number of hydrogen-bond donors (Lipinski definition) is 1. The molecule has 1 nitrogen and oxygen atoms in total. The minimum absolute atomic E-state index is 0.0339. The molecule has 0 saturated carbocycles. The first-order chi connectivity index (χ1) is 10.5. The van der Waals surface area contributed by atoms with Crippen LogP contribution in [0.5, 0.6) is 5.75 Å². The molecule has 0 spiro atoms. The van der Waals surface area contributed by atoms with Crippen LogP contribution in [0.25, 0.3) is 0 Å². The summed E-state index contributed by atoms with van der Waals surface area (Å²) in [5, 5.41) is 9.76. The zero-order chi connectivity index (χ0) is 16.8. The van der Waals surface area contributed by atoms with Gasteiger partial charge in [0.1, 0.15) is 5.75 Å². The standard InChI is InChI=1S/C19H24O.C2H6/c1-5-19(6-2,16-9-7-14(3)8-10-16)17-11-12-18(20)15(4)13-17;1-2/h7-13,20H,5-6H2,1-4H3;1-2H3. The molecular weight excluding hydrogens is 268 g/mol. The summed E-state index contributed by atoms with van der Waals surface area (Å²) in [5.41, 5.74) is 4.92. The molecule has 1 N–H and O–H groups in total.